The number of aromatic nitrogens is 1. The van der Waals surface area contributed by atoms with Crippen molar-refractivity contribution in [3.63, 3.8) is 0 Å². The van der Waals surface area contributed by atoms with Crippen LogP contribution in [0, 0.1) is 0 Å². The first kappa shape index (κ1) is 20.0. The molecule has 1 spiro atoms. The van der Waals surface area contributed by atoms with Crippen molar-refractivity contribution in [1.29, 1.82) is 0 Å². The highest BCUT2D eigenvalue weighted by Crippen LogP contribution is 2.40. The summed E-state index contributed by atoms with van der Waals surface area (Å²) in [6, 6.07) is 5.58. The summed E-state index contributed by atoms with van der Waals surface area (Å²) in [5.74, 6) is 0.678. The van der Waals surface area contributed by atoms with Crippen LogP contribution in [0.4, 0.5) is 10.5 Å². The van der Waals surface area contributed by atoms with Gasteiger partial charge in [0.25, 0.3) is 0 Å². The molecule has 2 aromatic rings. The first-order valence-electron chi connectivity index (χ1n) is 9.60. The number of benzene rings is 1. The fourth-order valence-corrected chi connectivity index (χ4v) is 4.67. The second-order valence-corrected chi connectivity index (χ2v) is 8.91. The summed E-state index contributed by atoms with van der Waals surface area (Å²) < 4.78 is 11.9. The molecule has 0 radical (unpaired) electrons. The number of halogens is 1. The van der Waals surface area contributed by atoms with E-state index in [1.54, 1.807) is 18.0 Å². The average molecular weight is 436 g/mol. The van der Waals surface area contributed by atoms with Gasteiger partial charge >= 0.3 is 6.09 Å². The standard InChI is InChI=1S/C20H22ClN3O4S/c1-2-27-19(26)24-7-5-20(6-8-24)10-16(25)15-9-13(3-4-17(15)28-20)22-11-14-12-23-18(21)29-14/h3-4,9,12,22H,2,5-8,10-11H2,1H3. The molecule has 1 amide bonds. The van der Waals surface area contributed by atoms with Gasteiger partial charge in [-0.15, -0.1) is 11.3 Å². The number of ketones is 1. The van der Waals surface area contributed by atoms with Gasteiger partial charge in [-0.1, -0.05) is 11.6 Å². The highest BCUT2D eigenvalue weighted by Gasteiger charge is 2.44. The molecule has 0 unspecified atom stereocenters. The van der Waals surface area contributed by atoms with E-state index in [4.69, 9.17) is 21.1 Å². The van der Waals surface area contributed by atoms with Gasteiger partial charge < -0.3 is 19.7 Å². The van der Waals surface area contributed by atoms with Crippen LogP contribution in [0.15, 0.2) is 24.4 Å². The van der Waals surface area contributed by atoms with Crippen molar-refractivity contribution in [2.24, 2.45) is 0 Å². The van der Waals surface area contributed by atoms with E-state index in [0.29, 0.717) is 61.3 Å². The number of likely N-dealkylation sites (tertiary alicyclic amines) is 1. The Balaban J connectivity index is 1.42. The first-order valence-corrected chi connectivity index (χ1v) is 10.8. The van der Waals surface area contributed by atoms with Crippen LogP contribution in [0.1, 0.15) is 41.4 Å². The molecule has 4 rings (SSSR count). The Bertz CT molecular complexity index is 924. The number of Topliss-reactive ketones (excluding diaryl/α,β-unsaturated/α-hetero) is 1. The Morgan fingerprint density at radius 2 is 2.21 bits per heavy atom. The van der Waals surface area contributed by atoms with Crippen LogP contribution in [0.3, 0.4) is 0 Å². The zero-order valence-electron chi connectivity index (χ0n) is 16.1. The Morgan fingerprint density at radius 3 is 2.90 bits per heavy atom. The molecule has 9 heteroatoms. The SMILES string of the molecule is CCOC(=O)N1CCC2(CC1)CC(=O)c1cc(NCc3cnc(Cl)s3)ccc1O2. The minimum absolute atomic E-state index is 0.0697. The highest BCUT2D eigenvalue weighted by molar-refractivity contribution is 7.15. The molecule has 1 aromatic heterocycles. The van der Waals surface area contributed by atoms with Gasteiger partial charge in [0.05, 0.1) is 25.1 Å². The Labute approximate surface area is 178 Å². The molecule has 29 heavy (non-hydrogen) atoms. The molecular weight excluding hydrogens is 414 g/mol. The van der Waals surface area contributed by atoms with E-state index < -0.39 is 5.60 Å². The number of nitrogens with zero attached hydrogens (tertiary/aromatic N) is 2. The maximum Gasteiger partial charge on any atom is 0.409 e. The van der Waals surface area contributed by atoms with E-state index in [-0.39, 0.29) is 11.9 Å². The Morgan fingerprint density at radius 1 is 1.41 bits per heavy atom. The van der Waals surface area contributed by atoms with E-state index in [2.05, 4.69) is 10.3 Å². The molecule has 0 atom stereocenters. The predicted octanol–water partition coefficient (Wildman–Crippen LogP) is 4.36. The predicted molar refractivity (Wildman–Crippen MR) is 111 cm³/mol. The van der Waals surface area contributed by atoms with E-state index in [1.165, 1.54) is 11.3 Å². The van der Waals surface area contributed by atoms with Gasteiger partial charge in [-0.25, -0.2) is 9.78 Å². The molecule has 0 aliphatic carbocycles. The number of fused-ring (bicyclic) bond motifs is 1. The number of ether oxygens (including phenoxy) is 2. The molecule has 0 bridgehead atoms. The Kier molecular flexibility index (Phi) is 5.65. The first-order chi connectivity index (χ1) is 14.0. The normalized spacial score (nSPS) is 17.6. The number of hydrogen-bond acceptors (Lipinski definition) is 7. The summed E-state index contributed by atoms with van der Waals surface area (Å²) in [7, 11) is 0. The summed E-state index contributed by atoms with van der Waals surface area (Å²) in [4.78, 5) is 31.5. The van der Waals surface area contributed by atoms with Gasteiger partial charge in [0.15, 0.2) is 10.3 Å². The topological polar surface area (TPSA) is 80.8 Å². The number of rotatable bonds is 4. The number of hydrogen-bond donors (Lipinski definition) is 1. The van der Waals surface area contributed by atoms with Crippen molar-refractivity contribution < 1.29 is 19.1 Å². The molecule has 154 valence electrons. The van der Waals surface area contributed by atoms with E-state index in [0.717, 1.165) is 10.6 Å². The lowest BCUT2D eigenvalue weighted by molar-refractivity contribution is -0.00857. The largest absolute Gasteiger partial charge is 0.486 e. The van der Waals surface area contributed by atoms with Crippen molar-refractivity contribution in [1.82, 2.24) is 9.88 Å². The van der Waals surface area contributed by atoms with Crippen LogP contribution in [-0.4, -0.2) is 47.1 Å². The molecule has 1 aromatic carbocycles. The quantitative estimate of drug-likeness (QED) is 0.768. The second kappa shape index (κ2) is 8.20. The van der Waals surface area contributed by atoms with Crippen LogP contribution in [-0.2, 0) is 11.3 Å². The minimum Gasteiger partial charge on any atom is -0.486 e. The van der Waals surface area contributed by atoms with Gasteiger partial charge in [0, 0.05) is 42.7 Å². The molecular formula is C20H22ClN3O4S. The molecule has 0 saturated carbocycles. The van der Waals surface area contributed by atoms with Crippen molar-refractivity contribution in [2.75, 3.05) is 25.0 Å². The molecule has 2 aliphatic heterocycles. The molecule has 2 aliphatic rings. The fourth-order valence-electron chi connectivity index (χ4n) is 3.75. The van der Waals surface area contributed by atoms with Gasteiger partial charge in [-0.2, -0.15) is 0 Å². The third kappa shape index (κ3) is 4.33. The van der Waals surface area contributed by atoms with E-state index >= 15 is 0 Å². The zero-order chi connectivity index (χ0) is 20.4. The van der Waals surface area contributed by atoms with E-state index in [1.807, 2.05) is 18.2 Å². The zero-order valence-corrected chi connectivity index (χ0v) is 17.6. The lowest BCUT2D eigenvalue weighted by Gasteiger charge is -2.43. The average Bonchev–Trinajstić information content (AvgIpc) is 3.12. The number of nitrogens with one attached hydrogen (secondary N) is 1. The van der Waals surface area contributed by atoms with Crippen LogP contribution < -0.4 is 10.1 Å². The van der Waals surface area contributed by atoms with Crippen LogP contribution in [0.5, 0.6) is 5.75 Å². The second-order valence-electron chi connectivity index (χ2n) is 7.22. The smallest absolute Gasteiger partial charge is 0.409 e. The molecule has 3 heterocycles. The summed E-state index contributed by atoms with van der Waals surface area (Å²) in [6.45, 7) is 3.79. The van der Waals surface area contributed by atoms with Crippen LogP contribution >= 0.6 is 22.9 Å². The third-order valence-electron chi connectivity index (χ3n) is 5.28. The molecule has 1 fully saturated rings. The molecule has 1 saturated heterocycles. The van der Waals surface area contributed by atoms with E-state index in [9.17, 15) is 9.59 Å². The summed E-state index contributed by atoms with van der Waals surface area (Å²) in [6.07, 6.45) is 2.98. The van der Waals surface area contributed by atoms with Crippen LogP contribution in [0.2, 0.25) is 4.47 Å². The number of carbonyl (C=O) groups is 2. The Hall–Kier alpha value is -2.32. The minimum atomic E-state index is -0.540. The van der Waals surface area contributed by atoms with Gasteiger partial charge in [-0.05, 0) is 25.1 Å². The summed E-state index contributed by atoms with van der Waals surface area (Å²) >= 11 is 7.28. The van der Waals surface area contributed by atoms with Gasteiger partial charge in [-0.3, -0.25) is 4.79 Å². The number of amides is 1. The molecule has 7 nitrogen and oxygen atoms in total. The van der Waals surface area contributed by atoms with Crippen molar-refractivity contribution in [3.8, 4) is 5.75 Å². The molecule has 1 N–H and O–H groups in total. The fraction of sp³-hybridized carbons (Fsp3) is 0.450. The van der Waals surface area contributed by atoms with Crippen molar-refractivity contribution in [3.05, 3.63) is 39.3 Å². The summed E-state index contributed by atoms with van der Waals surface area (Å²) in [5.41, 5.74) is 0.899. The van der Waals surface area contributed by atoms with Gasteiger partial charge in [0.2, 0.25) is 0 Å². The monoisotopic (exact) mass is 435 g/mol. The highest BCUT2D eigenvalue weighted by atomic mass is 35.5. The lowest BCUT2D eigenvalue weighted by atomic mass is 9.82. The number of anilines is 1. The number of carbonyl (C=O) groups excluding carboxylic acids is 2. The van der Waals surface area contributed by atoms with Crippen LogP contribution in [0.25, 0.3) is 0 Å². The van der Waals surface area contributed by atoms with Crippen molar-refractivity contribution >= 4 is 40.5 Å². The number of piperidine rings is 1. The maximum absolute atomic E-state index is 12.9. The van der Waals surface area contributed by atoms with Gasteiger partial charge in [0.1, 0.15) is 11.4 Å². The van der Waals surface area contributed by atoms with Crippen molar-refractivity contribution in [2.45, 2.75) is 38.3 Å². The lowest BCUT2D eigenvalue weighted by Crippen LogP contribution is -2.52. The summed E-state index contributed by atoms with van der Waals surface area (Å²) in [5, 5.41) is 3.29. The number of thiazole rings is 1. The maximum atomic E-state index is 12.9. The third-order valence-corrected chi connectivity index (χ3v) is 6.40.